The van der Waals surface area contributed by atoms with Crippen LogP contribution in [0.1, 0.15) is 53.7 Å². The van der Waals surface area contributed by atoms with Gasteiger partial charge in [0.15, 0.2) is 0 Å². The molecule has 1 aromatic heterocycles. The molecule has 4 heteroatoms. The lowest BCUT2D eigenvalue weighted by molar-refractivity contribution is 0.0951. The molecule has 0 bridgehead atoms. The highest BCUT2D eigenvalue weighted by Gasteiger charge is 2.15. The maximum atomic E-state index is 12.5. The number of carbonyl (C=O) groups is 1. The Morgan fingerprint density at radius 1 is 0.935 bits per heavy atom. The number of nitrogens with zero attached hydrogens (tertiary/aromatic N) is 1. The first kappa shape index (κ1) is 20.9. The van der Waals surface area contributed by atoms with Crippen molar-refractivity contribution in [1.29, 1.82) is 0 Å². The van der Waals surface area contributed by atoms with E-state index in [1.807, 2.05) is 66.7 Å². The number of aromatic nitrogens is 1. The summed E-state index contributed by atoms with van der Waals surface area (Å²) >= 11 is 0. The summed E-state index contributed by atoms with van der Waals surface area (Å²) in [6.45, 7) is 0.759. The average molecular weight is 412 g/mol. The second kappa shape index (κ2) is 10.6. The van der Waals surface area contributed by atoms with Crippen LogP contribution in [0.25, 0.3) is 12.2 Å². The highest BCUT2D eigenvalue weighted by molar-refractivity contribution is 5.95. The minimum Gasteiger partial charge on any atom is -0.356 e. The zero-order chi connectivity index (χ0) is 21.3. The van der Waals surface area contributed by atoms with Crippen LogP contribution in [0.4, 0.5) is 11.4 Å². The number of nitrogens with one attached hydrogen (secondary N) is 2. The van der Waals surface area contributed by atoms with Crippen molar-refractivity contribution in [2.75, 3.05) is 11.9 Å². The molecule has 1 aliphatic rings. The van der Waals surface area contributed by atoms with Gasteiger partial charge >= 0.3 is 0 Å². The summed E-state index contributed by atoms with van der Waals surface area (Å²) in [5.41, 5.74) is 4.61. The van der Waals surface area contributed by atoms with Crippen LogP contribution in [-0.4, -0.2) is 17.4 Å². The van der Waals surface area contributed by atoms with Crippen LogP contribution in [0.15, 0.2) is 72.9 Å². The Hall–Kier alpha value is -3.40. The Morgan fingerprint density at radius 3 is 2.55 bits per heavy atom. The van der Waals surface area contributed by atoms with Gasteiger partial charge in [0.25, 0.3) is 5.91 Å². The van der Waals surface area contributed by atoms with Gasteiger partial charge in [0, 0.05) is 29.7 Å². The summed E-state index contributed by atoms with van der Waals surface area (Å²) in [6.07, 6.45) is 12.2. The lowest BCUT2D eigenvalue weighted by atomic mass is 10.0. The van der Waals surface area contributed by atoms with Crippen LogP contribution in [-0.2, 0) is 0 Å². The lowest BCUT2D eigenvalue weighted by Gasteiger charge is -2.11. The van der Waals surface area contributed by atoms with Crippen molar-refractivity contribution in [3.8, 4) is 0 Å². The number of hydrogen-bond donors (Lipinski definition) is 2. The molecule has 4 rings (SSSR count). The second-order valence-electron chi connectivity index (χ2n) is 8.11. The Balaban J connectivity index is 1.31. The fourth-order valence-electron chi connectivity index (χ4n) is 4.03. The molecule has 4 nitrogen and oxygen atoms in total. The van der Waals surface area contributed by atoms with Crippen LogP contribution in [0.2, 0.25) is 0 Å². The maximum Gasteiger partial charge on any atom is 0.251 e. The van der Waals surface area contributed by atoms with Gasteiger partial charge in [-0.3, -0.25) is 9.78 Å². The number of carbonyl (C=O) groups excluding carboxylic acids is 1. The van der Waals surface area contributed by atoms with E-state index in [-0.39, 0.29) is 5.91 Å². The molecule has 0 spiro atoms. The molecular weight excluding hydrogens is 382 g/mol. The van der Waals surface area contributed by atoms with E-state index in [2.05, 4.69) is 27.8 Å². The van der Waals surface area contributed by atoms with Crippen molar-refractivity contribution in [2.24, 2.45) is 5.92 Å². The first-order valence-electron chi connectivity index (χ1n) is 11.1. The third kappa shape index (κ3) is 6.29. The second-order valence-corrected chi connectivity index (χ2v) is 8.11. The maximum absolute atomic E-state index is 12.5. The van der Waals surface area contributed by atoms with Gasteiger partial charge in [-0.05, 0) is 66.4 Å². The summed E-state index contributed by atoms with van der Waals surface area (Å²) < 4.78 is 0. The molecule has 1 amide bonds. The van der Waals surface area contributed by atoms with Crippen molar-refractivity contribution in [1.82, 2.24) is 10.3 Å². The van der Waals surface area contributed by atoms with Gasteiger partial charge in [-0.25, -0.2) is 0 Å². The largest absolute Gasteiger partial charge is 0.356 e. The summed E-state index contributed by atoms with van der Waals surface area (Å²) in [5, 5.41) is 6.46. The summed E-state index contributed by atoms with van der Waals surface area (Å²) in [6, 6.07) is 21.7. The first-order chi connectivity index (χ1) is 15.3. The molecule has 1 fully saturated rings. The number of anilines is 2. The predicted molar refractivity (Wildman–Crippen MR) is 128 cm³/mol. The van der Waals surface area contributed by atoms with E-state index in [0.29, 0.717) is 5.56 Å². The summed E-state index contributed by atoms with van der Waals surface area (Å²) in [4.78, 5) is 16.8. The van der Waals surface area contributed by atoms with E-state index in [9.17, 15) is 4.79 Å². The van der Waals surface area contributed by atoms with E-state index >= 15 is 0 Å². The molecule has 1 heterocycles. The third-order valence-corrected chi connectivity index (χ3v) is 5.77. The fourth-order valence-corrected chi connectivity index (χ4v) is 4.03. The highest BCUT2D eigenvalue weighted by Crippen LogP contribution is 2.27. The number of benzene rings is 2. The van der Waals surface area contributed by atoms with E-state index in [4.69, 9.17) is 0 Å². The van der Waals surface area contributed by atoms with Crippen LogP contribution >= 0.6 is 0 Å². The third-order valence-electron chi connectivity index (χ3n) is 5.77. The van der Waals surface area contributed by atoms with Gasteiger partial charge in [0.05, 0.1) is 5.69 Å². The molecule has 0 unspecified atom stereocenters. The molecule has 1 saturated carbocycles. The zero-order valence-corrected chi connectivity index (χ0v) is 17.8. The lowest BCUT2D eigenvalue weighted by Crippen LogP contribution is -2.25. The van der Waals surface area contributed by atoms with Crippen molar-refractivity contribution < 1.29 is 4.79 Å². The monoisotopic (exact) mass is 411 g/mol. The molecule has 0 radical (unpaired) electrons. The molecule has 1 aliphatic carbocycles. The Morgan fingerprint density at radius 2 is 1.77 bits per heavy atom. The van der Waals surface area contributed by atoms with Gasteiger partial charge in [-0.1, -0.05) is 56.0 Å². The molecule has 3 aromatic rings. The first-order valence-corrected chi connectivity index (χ1v) is 11.1. The molecule has 0 atom stereocenters. The molecule has 31 heavy (non-hydrogen) atoms. The molecule has 0 saturated heterocycles. The summed E-state index contributed by atoms with van der Waals surface area (Å²) in [7, 11) is 0. The number of hydrogen-bond acceptors (Lipinski definition) is 3. The van der Waals surface area contributed by atoms with Crippen molar-refractivity contribution >= 4 is 29.4 Å². The minimum absolute atomic E-state index is 0.00310. The fraction of sp³-hybridized carbons (Fsp3) is 0.259. The van der Waals surface area contributed by atoms with E-state index in [1.54, 1.807) is 6.20 Å². The van der Waals surface area contributed by atoms with E-state index in [0.717, 1.165) is 41.5 Å². The van der Waals surface area contributed by atoms with Gasteiger partial charge in [0.1, 0.15) is 0 Å². The van der Waals surface area contributed by atoms with Crippen molar-refractivity contribution in [3.05, 3.63) is 89.7 Å². The van der Waals surface area contributed by atoms with Crippen molar-refractivity contribution in [2.45, 2.75) is 32.1 Å². The van der Waals surface area contributed by atoms with E-state index in [1.165, 1.54) is 25.7 Å². The number of amides is 1. The minimum atomic E-state index is -0.00310. The normalized spacial score (nSPS) is 14.1. The molecule has 2 aromatic carbocycles. The topological polar surface area (TPSA) is 54.0 Å². The van der Waals surface area contributed by atoms with Crippen LogP contribution in [0, 0.1) is 5.92 Å². The molecule has 158 valence electrons. The number of pyridine rings is 1. The highest BCUT2D eigenvalue weighted by atomic mass is 16.1. The predicted octanol–water partition coefficient (Wildman–Crippen LogP) is 6.31. The molecule has 0 aliphatic heterocycles. The van der Waals surface area contributed by atoms with Gasteiger partial charge in [-0.2, -0.15) is 0 Å². The average Bonchev–Trinajstić information content (AvgIpc) is 3.33. The standard InChI is InChI=1S/C27H29N3O/c31-27(29-19-17-21-6-1-2-7-21)23-8-5-10-26(20-23)30-25-15-12-22(13-16-25)11-14-24-9-3-4-18-28-24/h3-5,8-16,18,20-21,30H,1-2,6-7,17,19H2,(H,29,31)/b14-11+. The Kier molecular flexibility index (Phi) is 7.12. The SMILES string of the molecule is O=C(NCCC1CCCC1)c1cccc(Nc2ccc(/C=C/c3ccccn3)cc2)c1. The summed E-state index contributed by atoms with van der Waals surface area (Å²) in [5.74, 6) is 0.784. The van der Waals surface area contributed by atoms with Crippen LogP contribution < -0.4 is 10.6 Å². The Bertz CT molecular complexity index is 1010. The van der Waals surface area contributed by atoms with Crippen LogP contribution in [0.5, 0.6) is 0 Å². The van der Waals surface area contributed by atoms with Gasteiger partial charge in [0.2, 0.25) is 0 Å². The van der Waals surface area contributed by atoms with E-state index < -0.39 is 0 Å². The van der Waals surface area contributed by atoms with Gasteiger partial charge in [-0.15, -0.1) is 0 Å². The van der Waals surface area contributed by atoms with Crippen LogP contribution in [0.3, 0.4) is 0 Å². The Labute approximate surface area is 184 Å². The smallest absolute Gasteiger partial charge is 0.251 e. The van der Waals surface area contributed by atoms with Gasteiger partial charge < -0.3 is 10.6 Å². The number of rotatable bonds is 8. The molecular formula is C27H29N3O. The molecule has 2 N–H and O–H groups in total. The quantitative estimate of drug-likeness (QED) is 0.457. The zero-order valence-electron chi connectivity index (χ0n) is 17.8. The van der Waals surface area contributed by atoms with Crippen molar-refractivity contribution in [3.63, 3.8) is 0 Å².